The average Bonchev–Trinajstić information content (AvgIpc) is 3.19. The second-order valence-corrected chi connectivity index (χ2v) is 6.60. The van der Waals surface area contributed by atoms with Crippen LogP contribution in [0.25, 0.3) is 0 Å². The number of hydrogen-bond donors (Lipinski definition) is 1. The van der Waals surface area contributed by atoms with Crippen LogP contribution < -0.4 is 5.32 Å². The number of nitrogens with one attached hydrogen (secondary N) is 1. The number of aromatic nitrogens is 2. The third-order valence-electron chi connectivity index (χ3n) is 3.68. The number of ether oxygens (including phenoxy) is 2. The first kappa shape index (κ1) is 16.3. The highest BCUT2D eigenvalue weighted by molar-refractivity contribution is 14.1. The van der Waals surface area contributed by atoms with Crippen LogP contribution in [0.1, 0.15) is 12.0 Å². The van der Waals surface area contributed by atoms with Crippen LogP contribution in [0.4, 0.5) is 10.6 Å². The van der Waals surface area contributed by atoms with E-state index in [2.05, 4.69) is 33.0 Å². The maximum Gasteiger partial charge on any atom is 0.413 e. The summed E-state index contributed by atoms with van der Waals surface area (Å²) in [4.78, 5) is 12.0. The minimum atomic E-state index is -0.476. The lowest BCUT2D eigenvalue weighted by Gasteiger charge is -2.13. The zero-order valence-corrected chi connectivity index (χ0v) is 14.7. The molecular formula is C16H18IN3O3. The molecule has 0 saturated carbocycles. The summed E-state index contributed by atoms with van der Waals surface area (Å²) in [6, 6.07) is 9.59. The van der Waals surface area contributed by atoms with Crippen molar-refractivity contribution in [3.63, 3.8) is 0 Å². The molecule has 1 saturated heterocycles. The van der Waals surface area contributed by atoms with Crippen molar-refractivity contribution in [2.75, 3.05) is 18.5 Å². The summed E-state index contributed by atoms with van der Waals surface area (Å²) in [6.07, 6.45) is 2.29. The highest BCUT2D eigenvalue weighted by Gasteiger charge is 2.20. The predicted molar refractivity (Wildman–Crippen MR) is 94.1 cm³/mol. The smallest absolute Gasteiger partial charge is 0.413 e. The van der Waals surface area contributed by atoms with Gasteiger partial charge in [0, 0.05) is 19.1 Å². The largest absolute Gasteiger partial charge is 0.444 e. The molecule has 23 heavy (non-hydrogen) atoms. The van der Waals surface area contributed by atoms with E-state index in [1.54, 1.807) is 6.20 Å². The molecule has 0 bridgehead atoms. The van der Waals surface area contributed by atoms with Crippen molar-refractivity contribution in [1.29, 1.82) is 0 Å². The van der Waals surface area contributed by atoms with Gasteiger partial charge in [0.15, 0.2) is 0 Å². The van der Waals surface area contributed by atoms with Gasteiger partial charge >= 0.3 is 6.09 Å². The van der Waals surface area contributed by atoms with E-state index < -0.39 is 6.09 Å². The van der Waals surface area contributed by atoms with E-state index >= 15 is 0 Å². The van der Waals surface area contributed by atoms with Crippen molar-refractivity contribution in [2.24, 2.45) is 5.92 Å². The van der Waals surface area contributed by atoms with Crippen LogP contribution in [0.5, 0.6) is 0 Å². The minimum Gasteiger partial charge on any atom is -0.444 e. The van der Waals surface area contributed by atoms with Crippen LogP contribution in [0.2, 0.25) is 0 Å². The number of carbonyl (C=O) groups is 1. The molecule has 0 aliphatic carbocycles. The lowest BCUT2D eigenvalue weighted by atomic mass is 10.1. The molecule has 1 aliphatic rings. The molecule has 1 aliphatic heterocycles. The Hall–Kier alpha value is -1.61. The molecule has 2 heterocycles. The van der Waals surface area contributed by atoms with E-state index in [0.29, 0.717) is 11.7 Å². The number of halogens is 1. The standard InChI is InChI=1S/C16H18IN3O3/c17-14-8-18-20(9-13-6-7-22-10-13)15(14)19-16(21)23-11-12-4-2-1-3-5-12/h1-5,8,13H,6-7,9-11H2,(H,19,21). The highest BCUT2D eigenvalue weighted by Crippen LogP contribution is 2.22. The number of anilines is 1. The molecule has 1 amide bonds. The molecule has 1 atom stereocenters. The van der Waals surface area contributed by atoms with Gasteiger partial charge in [0.05, 0.1) is 16.4 Å². The van der Waals surface area contributed by atoms with E-state index in [9.17, 15) is 4.79 Å². The molecule has 1 aromatic heterocycles. The third-order valence-corrected chi connectivity index (χ3v) is 4.47. The molecule has 3 rings (SSSR count). The van der Waals surface area contributed by atoms with E-state index in [4.69, 9.17) is 9.47 Å². The summed E-state index contributed by atoms with van der Waals surface area (Å²) in [5.74, 6) is 1.11. The summed E-state index contributed by atoms with van der Waals surface area (Å²) >= 11 is 2.16. The third kappa shape index (κ3) is 4.44. The van der Waals surface area contributed by atoms with Crippen molar-refractivity contribution >= 4 is 34.5 Å². The number of rotatable bonds is 5. The van der Waals surface area contributed by atoms with Crippen molar-refractivity contribution in [3.05, 3.63) is 45.7 Å². The normalized spacial score (nSPS) is 17.2. The van der Waals surface area contributed by atoms with E-state index in [1.807, 2.05) is 35.0 Å². The first-order valence-electron chi connectivity index (χ1n) is 7.49. The average molecular weight is 427 g/mol. The second-order valence-electron chi connectivity index (χ2n) is 5.44. The molecule has 2 aromatic rings. The Labute approximate surface area is 148 Å². The molecule has 1 aromatic carbocycles. The zero-order chi connectivity index (χ0) is 16.1. The zero-order valence-electron chi connectivity index (χ0n) is 12.6. The Balaban J connectivity index is 1.58. The molecule has 122 valence electrons. The van der Waals surface area contributed by atoms with Gasteiger partial charge in [0.2, 0.25) is 0 Å². The summed E-state index contributed by atoms with van der Waals surface area (Å²) in [6.45, 7) is 2.52. The number of benzene rings is 1. The Bertz CT molecular complexity index is 654. The van der Waals surface area contributed by atoms with Gasteiger partial charge in [0.1, 0.15) is 12.4 Å². The lowest BCUT2D eigenvalue weighted by molar-refractivity contribution is 0.154. The lowest BCUT2D eigenvalue weighted by Crippen LogP contribution is -2.20. The molecule has 7 heteroatoms. The van der Waals surface area contributed by atoms with E-state index in [-0.39, 0.29) is 6.61 Å². The van der Waals surface area contributed by atoms with Crippen molar-refractivity contribution < 1.29 is 14.3 Å². The quantitative estimate of drug-likeness (QED) is 0.745. The van der Waals surface area contributed by atoms with Crippen molar-refractivity contribution in [3.8, 4) is 0 Å². The molecular weight excluding hydrogens is 409 g/mol. The predicted octanol–water partition coefficient (Wildman–Crippen LogP) is 3.27. The van der Waals surface area contributed by atoms with Crippen molar-refractivity contribution in [1.82, 2.24) is 9.78 Å². The van der Waals surface area contributed by atoms with Crippen LogP contribution >= 0.6 is 22.6 Å². The first-order valence-corrected chi connectivity index (χ1v) is 8.57. The van der Waals surface area contributed by atoms with Gasteiger partial charge in [0.25, 0.3) is 0 Å². The van der Waals surface area contributed by atoms with Gasteiger partial charge in [-0.1, -0.05) is 30.3 Å². The fourth-order valence-corrected chi connectivity index (χ4v) is 2.99. The molecule has 1 fully saturated rings. The van der Waals surface area contributed by atoms with Crippen LogP contribution in [0.15, 0.2) is 36.5 Å². The Morgan fingerprint density at radius 3 is 3.00 bits per heavy atom. The monoisotopic (exact) mass is 427 g/mol. The van der Waals surface area contributed by atoms with Crippen molar-refractivity contribution in [2.45, 2.75) is 19.6 Å². The molecule has 0 radical (unpaired) electrons. The first-order chi connectivity index (χ1) is 11.2. The Kier molecular flexibility index (Phi) is 5.50. The summed E-state index contributed by atoms with van der Waals surface area (Å²) < 4.78 is 13.3. The summed E-state index contributed by atoms with van der Waals surface area (Å²) in [5, 5.41) is 7.13. The highest BCUT2D eigenvalue weighted by atomic mass is 127. The molecule has 6 nitrogen and oxygen atoms in total. The SMILES string of the molecule is O=C(Nc1c(I)cnn1CC1CCOC1)OCc1ccccc1. The fraction of sp³-hybridized carbons (Fsp3) is 0.375. The van der Waals surface area contributed by atoms with Gasteiger partial charge in [-0.2, -0.15) is 5.10 Å². The molecule has 1 N–H and O–H groups in total. The van der Waals surface area contributed by atoms with E-state index in [0.717, 1.165) is 35.3 Å². The summed E-state index contributed by atoms with van der Waals surface area (Å²) in [5.41, 5.74) is 0.953. The number of hydrogen-bond acceptors (Lipinski definition) is 4. The van der Waals surface area contributed by atoms with Gasteiger partial charge < -0.3 is 9.47 Å². The topological polar surface area (TPSA) is 65.4 Å². The molecule has 1 unspecified atom stereocenters. The maximum absolute atomic E-state index is 12.0. The second kappa shape index (κ2) is 7.78. The van der Waals surface area contributed by atoms with Crippen LogP contribution in [-0.2, 0) is 22.6 Å². The van der Waals surface area contributed by atoms with Crippen LogP contribution in [0.3, 0.4) is 0 Å². The van der Waals surface area contributed by atoms with Gasteiger partial charge in [-0.25, -0.2) is 9.48 Å². The summed E-state index contributed by atoms with van der Waals surface area (Å²) in [7, 11) is 0. The number of amides is 1. The fourth-order valence-electron chi connectivity index (χ4n) is 2.45. The van der Waals surface area contributed by atoms with Gasteiger partial charge in [-0.15, -0.1) is 0 Å². The van der Waals surface area contributed by atoms with Crippen LogP contribution in [0, 0.1) is 9.49 Å². The van der Waals surface area contributed by atoms with Gasteiger partial charge in [-0.3, -0.25) is 5.32 Å². The number of carbonyl (C=O) groups excluding carboxylic acids is 1. The van der Waals surface area contributed by atoms with E-state index in [1.165, 1.54) is 0 Å². The molecule has 0 spiro atoms. The minimum absolute atomic E-state index is 0.244. The van der Waals surface area contributed by atoms with Gasteiger partial charge in [-0.05, 0) is 34.6 Å². The Morgan fingerprint density at radius 2 is 2.26 bits per heavy atom. The number of nitrogens with zero attached hydrogens (tertiary/aromatic N) is 2. The van der Waals surface area contributed by atoms with Crippen LogP contribution in [-0.4, -0.2) is 29.1 Å². The maximum atomic E-state index is 12.0. The Morgan fingerprint density at radius 1 is 1.43 bits per heavy atom.